The minimum absolute atomic E-state index is 0.229. The minimum Gasteiger partial charge on any atom is -0.495 e. The summed E-state index contributed by atoms with van der Waals surface area (Å²) in [5, 5.41) is 3.79. The number of anilines is 1. The molecule has 0 saturated carbocycles. The van der Waals surface area contributed by atoms with Crippen molar-refractivity contribution < 1.29 is 4.74 Å². The van der Waals surface area contributed by atoms with Crippen LogP contribution in [0.3, 0.4) is 0 Å². The number of methoxy groups -OCH3 is 1. The van der Waals surface area contributed by atoms with Gasteiger partial charge in [0, 0.05) is 24.7 Å². The second-order valence-electron chi connectivity index (χ2n) is 5.73. The predicted molar refractivity (Wildman–Crippen MR) is 85.7 cm³/mol. The number of para-hydroxylation sites is 2. The number of rotatable bonds is 5. The summed E-state index contributed by atoms with van der Waals surface area (Å²) in [6.45, 7) is 8.93. The van der Waals surface area contributed by atoms with Crippen molar-refractivity contribution in [3.05, 3.63) is 24.3 Å². The lowest BCUT2D eigenvalue weighted by atomic mass is 9.87. The molecule has 112 valence electrons. The smallest absolute Gasteiger partial charge is 0.142 e. The third-order valence-electron chi connectivity index (χ3n) is 4.85. The van der Waals surface area contributed by atoms with Crippen LogP contribution < -0.4 is 15.0 Å². The Bertz CT molecular complexity index is 429. The second kappa shape index (κ2) is 6.49. The van der Waals surface area contributed by atoms with Gasteiger partial charge in [0.25, 0.3) is 0 Å². The highest BCUT2D eigenvalue weighted by molar-refractivity contribution is 5.60. The minimum atomic E-state index is 0.229. The van der Waals surface area contributed by atoms with Crippen LogP contribution in [0, 0.1) is 0 Å². The fraction of sp³-hybridized carbons (Fsp3) is 0.647. The number of nitrogens with one attached hydrogen (secondary N) is 1. The maximum absolute atomic E-state index is 5.56. The van der Waals surface area contributed by atoms with Crippen LogP contribution in [0.2, 0.25) is 0 Å². The van der Waals surface area contributed by atoms with Crippen LogP contribution in [0.1, 0.15) is 40.0 Å². The van der Waals surface area contributed by atoms with Gasteiger partial charge in [0.15, 0.2) is 0 Å². The summed E-state index contributed by atoms with van der Waals surface area (Å²) in [4.78, 5) is 2.54. The molecule has 2 rings (SSSR count). The van der Waals surface area contributed by atoms with Crippen molar-refractivity contribution in [3.63, 3.8) is 0 Å². The highest BCUT2D eigenvalue weighted by atomic mass is 16.5. The van der Waals surface area contributed by atoms with E-state index in [4.69, 9.17) is 4.74 Å². The zero-order chi connectivity index (χ0) is 14.6. The van der Waals surface area contributed by atoms with Crippen LogP contribution in [0.4, 0.5) is 5.69 Å². The molecule has 1 heterocycles. The van der Waals surface area contributed by atoms with Crippen molar-refractivity contribution in [2.45, 2.75) is 51.6 Å². The van der Waals surface area contributed by atoms with E-state index in [0.29, 0.717) is 6.04 Å². The third kappa shape index (κ3) is 2.78. The summed E-state index contributed by atoms with van der Waals surface area (Å²) in [5.74, 6) is 0.981. The first-order valence-electron chi connectivity index (χ1n) is 7.84. The molecule has 1 atom stereocenters. The molecule has 20 heavy (non-hydrogen) atoms. The van der Waals surface area contributed by atoms with Crippen molar-refractivity contribution in [2.24, 2.45) is 0 Å². The highest BCUT2D eigenvalue weighted by Gasteiger charge is 2.36. The first-order chi connectivity index (χ1) is 9.69. The van der Waals surface area contributed by atoms with E-state index < -0.39 is 0 Å². The van der Waals surface area contributed by atoms with Crippen LogP contribution >= 0.6 is 0 Å². The number of nitrogens with zero attached hydrogens (tertiary/aromatic N) is 1. The lowest BCUT2D eigenvalue weighted by Gasteiger charge is -2.48. The average Bonchev–Trinajstić information content (AvgIpc) is 2.54. The SMILES string of the molecule is CCC1CNC(CC)(CC)CN1c1ccccc1OC. The van der Waals surface area contributed by atoms with Gasteiger partial charge in [-0.3, -0.25) is 0 Å². The van der Waals surface area contributed by atoms with Crippen LogP contribution in [-0.2, 0) is 0 Å². The van der Waals surface area contributed by atoms with Gasteiger partial charge in [0.1, 0.15) is 5.75 Å². The first-order valence-corrected chi connectivity index (χ1v) is 7.84. The molecule has 0 bridgehead atoms. The summed E-state index contributed by atoms with van der Waals surface area (Å²) in [7, 11) is 1.76. The average molecular weight is 276 g/mol. The van der Waals surface area contributed by atoms with Gasteiger partial charge in [0.05, 0.1) is 12.8 Å². The summed E-state index contributed by atoms with van der Waals surface area (Å²) in [6.07, 6.45) is 3.46. The normalized spacial score (nSPS) is 21.8. The van der Waals surface area contributed by atoms with Crippen LogP contribution in [0.5, 0.6) is 5.75 Å². The molecule has 0 spiro atoms. The molecule has 1 unspecified atom stereocenters. The molecule has 1 N–H and O–H groups in total. The van der Waals surface area contributed by atoms with Gasteiger partial charge < -0.3 is 15.0 Å². The van der Waals surface area contributed by atoms with Gasteiger partial charge in [-0.1, -0.05) is 32.9 Å². The monoisotopic (exact) mass is 276 g/mol. The molecule has 1 saturated heterocycles. The number of ether oxygens (including phenoxy) is 1. The Kier molecular flexibility index (Phi) is 4.92. The van der Waals surface area contributed by atoms with Crippen LogP contribution in [-0.4, -0.2) is 31.8 Å². The van der Waals surface area contributed by atoms with Gasteiger partial charge >= 0.3 is 0 Å². The Labute approximate surface area is 123 Å². The van der Waals surface area contributed by atoms with Gasteiger partial charge in [0.2, 0.25) is 0 Å². The van der Waals surface area contributed by atoms with Gasteiger partial charge in [-0.05, 0) is 31.4 Å². The molecule has 0 radical (unpaired) electrons. The standard InChI is InChI=1S/C17H28N2O/c1-5-14-12-18-17(6-2,7-3)13-19(14)15-10-8-9-11-16(15)20-4/h8-11,14,18H,5-7,12-13H2,1-4H3. The molecule has 1 aliphatic heterocycles. The molecular formula is C17H28N2O. The summed E-state index contributed by atoms with van der Waals surface area (Å²) >= 11 is 0. The maximum atomic E-state index is 5.56. The van der Waals surface area contributed by atoms with Crippen molar-refractivity contribution in [1.82, 2.24) is 5.32 Å². The summed E-state index contributed by atoms with van der Waals surface area (Å²) in [5.41, 5.74) is 1.46. The fourth-order valence-corrected chi connectivity index (χ4v) is 3.19. The molecule has 1 aliphatic rings. The Morgan fingerprint density at radius 1 is 1.25 bits per heavy atom. The molecule has 3 nitrogen and oxygen atoms in total. The molecule has 0 amide bonds. The highest BCUT2D eigenvalue weighted by Crippen LogP contribution is 2.34. The van der Waals surface area contributed by atoms with E-state index in [1.807, 2.05) is 6.07 Å². The third-order valence-corrected chi connectivity index (χ3v) is 4.85. The maximum Gasteiger partial charge on any atom is 0.142 e. The first kappa shape index (κ1) is 15.2. The summed E-state index contributed by atoms with van der Waals surface area (Å²) < 4.78 is 5.56. The molecule has 3 heteroatoms. The zero-order valence-corrected chi connectivity index (χ0v) is 13.3. The topological polar surface area (TPSA) is 24.5 Å². The van der Waals surface area contributed by atoms with E-state index in [0.717, 1.165) is 38.1 Å². The molecule has 1 aromatic rings. The van der Waals surface area contributed by atoms with Crippen molar-refractivity contribution >= 4 is 5.69 Å². The number of benzene rings is 1. The number of hydrogen-bond donors (Lipinski definition) is 1. The molecular weight excluding hydrogens is 248 g/mol. The van der Waals surface area contributed by atoms with Gasteiger partial charge in [-0.25, -0.2) is 0 Å². The number of hydrogen-bond acceptors (Lipinski definition) is 3. The lowest BCUT2D eigenvalue weighted by Crippen LogP contribution is -2.64. The van der Waals surface area contributed by atoms with Crippen molar-refractivity contribution in [2.75, 3.05) is 25.1 Å². The zero-order valence-electron chi connectivity index (χ0n) is 13.3. The van der Waals surface area contributed by atoms with E-state index in [2.05, 4.69) is 49.2 Å². The molecule has 0 aliphatic carbocycles. The van der Waals surface area contributed by atoms with E-state index >= 15 is 0 Å². The number of piperazine rings is 1. The Morgan fingerprint density at radius 3 is 2.55 bits per heavy atom. The fourth-order valence-electron chi connectivity index (χ4n) is 3.19. The molecule has 1 aromatic carbocycles. The van der Waals surface area contributed by atoms with E-state index in [1.165, 1.54) is 5.69 Å². The Balaban J connectivity index is 2.34. The lowest BCUT2D eigenvalue weighted by molar-refractivity contribution is 0.245. The van der Waals surface area contributed by atoms with E-state index in [-0.39, 0.29) is 5.54 Å². The van der Waals surface area contributed by atoms with Crippen LogP contribution in [0.25, 0.3) is 0 Å². The van der Waals surface area contributed by atoms with Gasteiger partial charge in [-0.15, -0.1) is 0 Å². The quantitative estimate of drug-likeness (QED) is 0.891. The summed E-state index contributed by atoms with van der Waals surface area (Å²) in [6, 6.07) is 8.93. The Morgan fingerprint density at radius 2 is 1.95 bits per heavy atom. The van der Waals surface area contributed by atoms with E-state index in [9.17, 15) is 0 Å². The second-order valence-corrected chi connectivity index (χ2v) is 5.73. The molecule has 0 aromatic heterocycles. The predicted octanol–water partition coefficient (Wildman–Crippen LogP) is 3.44. The largest absolute Gasteiger partial charge is 0.495 e. The van der Waals surface area contributed by atoms with E-state index in [1.54, 1.807) is 7.11 Å². The van der Waals surface area contributed by atoms with Gasteiger partial charge in [-0.2, -0.15) is 0 Å². The molecule has 1 fully saturated rings. The Hall–Kier alpha value is -1.22. The van der Waals surface area contributed by atoms with Crippen molar-refractivity contribution in [1.29, 1.82) is 0 Å². The van der Waals surface area contributed by atoms with Crippen molar-refractivity contribution in [3.8, 4) is 5.75 Å². The van der Waals surface area contributed by atoms with Crippen LogP contribution in [0.15, 0.2) is 24.3 Å².